The van der Waals surface area contributed by atoms with Gasteiger partial charge in [0, 0.05) is 18.3 Å². The first-order valence-corrected chi connectivity index (χ1v) is 6.37. The van der Waals surface area contributed by atoms with Gasteiger partial charge in [0.15, 0.2) is 0 Å². The summed E-state index contributed by atoms with van der Waals surface area (Å²) < 4.78 is 2.41. The highest BCUT2D eigenvalue weighted by Gasteiger charge is 2.40. The van der Waals surface area contributed by atoms with Gasteiger partial charge in [0.1, 0.15) is 6.04 Å². The van der Waals surface area contributed by atoms with E-state index in [0.717, 1.165) is 0 Å². The van der Waals surface area contributed by atoms with E-state index in [2.05, 4.69) is 0 Å². The lowest BCUT2D eigenvalue weighted by Gasteiger charge is -2.28. The molecule has 2 N–H and O–H groups in total. The monoisotopic (exact) mass is 297 g/mol. The Morgan fingerprint density at radius 3 is 2.62 bits per heavy atom. The summed E-state index contributed by atoms with van der Waals surface area (Å²) in [4.78, 5) is 47.0. The van der Waals surface area contributed by atoms with Crippen molar-refractivity contribution >= 4 is 17.9 Å². The van der Waals surface area contributed by atoms with Gasteiger partial charge in [0.25, 0.3) is 5.91 Å². The first kappa shape index (κ1) is 15.0. The Hall–Kier alpha value is -2.42. The number of likely N-dealkylation sites (tertiary alicyclic amines) is 1. The van der Waals surface area contributed by atoms with Gasteiger partial charge in [0.2, 0.25) is 5.91 Å². The SMILES string of the molecule is Cc1cn(CCO)c(=O)n1C1CCC(=O)N(C(=O)O)C1=O. The number of carbonyl (C=O) groups is 3. The zero-order valence-electron chi connectivity index (χ0n) is 11.4. The second kappa shape index (κ2) is 5.52. The number of aromatic nitrogens is 2. The van der Waals surface area contributed by atoms with Crippen LogP contribution in [0.4, 0.5) is 4.79 Å². The Balaban J connectivity index is 2.43. The summed E-state index contributed by atoms with van der Waals surface area (Å²) in [7, 11) is 0. The quantitative estimate of drug-likeness (QED) is 0.713. The minimum atomic E-state index is -1.64. The number of aryl methyl sites for hydroxylation is 1. The van der Waals surface area contributed by atoms with Crippen molar-refractivity contribution in [2.45, 2.75) is 32.4 Å². The standard InChI is InChI=1S/C12H15N3O6/c1-7-6-13(4-5-16)11(19)14(7)8-2-3-9(17)15(10(8)18)12(20)21/h6,8,16H,2-5H2,1H3,(H,20,21). The van der Waals surface area contributed by atoms with Crippen LogP contribution in [-0.2, 0) is 16.1 Å². The molecule has 0 saturated carbocycles. The first-order chi connectivity index (χ1) is 9.88. The van der Waals surface area contributed by atoms with E-state index in [4.69, 9.17) is 10.2 Å². The van der Waals surface area contributed by atoms with Crippen molar-refractivity contribution in [2.24, 2.45) is 0 Å². The average molecular weight is 297 g/mol. The highest BCUT2D eigenvalue weighted by Crippen LogP contribution is 2.24. The lowest BCUT2D eigenvalue weighted by atomic mass is 10.0. The zero-order valence-corrected chi connectivity index (χ0v) is 11.4. The van der Waals surface area contributed by atoms with Crippen LogP contribution in [0, 0.1) is 6.92 Å². The van der Waals surface area contributed by atoms with Crippen molar-refractivity contribution in [3.8, 4) is 0 Å². The number of amides is 3. The number of aliphatic hydroxyl groups excluding tert-OH is 1. The maximum absolute atomic E-state index is 12.2. The highest BCUT2D eigenvalue weighted by molar-refractivity contribution is 6.11. The molecule has 1 aliphatic heterocycles. The van der Waals surface area contributed by atoms with E-state index in [0.29, 0.717) is 5.69 Å². The van der Waals surface area contributed by atoms with Crippen LogP contribution in [0.5, 0.6) is 0 Å². The van der Waals surface area contributed by atoms with Gasteiger partial charge < -0.3 is 10.2 Å². The van der Waals surface area contributed by atoms with Crippen LogP contribution in [0.1, 0.15) is 24.6 Å². The fourth-order valence-corrected chi connectivity index (χ4v) is 2.49. The highest BCUT2D eigenvalue weighted by atomic mass is 16.4. The van der Waals surface area contributed by atoms with Crippen LogP contribution < -0.4 is 5.69 Å². The molecule has 0 radical (unpaired) electrons. The number of piperidine rings is 1. The molecule has 2 rings (SSSR count). The molecular formula is C12H15N3O6. The normalized spacial score (nSPS) is 19.1. The van der Waals surface area contributed by atoms with Crippen LogP contribution in [-0.4, -0.2) is 48.8 Å². The second-order valence-electron chi connectivity index (χ2n) is 4.74. The van der Waals surface area contributed by atoms with Crippen LogP contribution in [0.2, 0.25) is 0 Å². The minimum Gasteiger partial charge on any atom is -0.464 e. The lowest BCUT2D eigenvalue weighted by molar-refractivity contribution is -0.148. The van der Waals surface area contributed by atoms with Crippen LogP contribution in [0.3, 0.4) is 0 Å². The van der Waals surface area contributed by atoms with E-state index in [1.807, 2.05) is 0 Å². The summed E-state index contributed by atoms with van der Waals surface area (Å²) in [6, 6.07) is -1.02. The number of imide groups is 3. The topological polar surface area (TPSA) is 122 Å². The number of imidazole rings is 1. The molecule has 1 unspecified atom stereocenters. The van der Waals surface area contributed by atoms with Crippen molar-refractivity contribution in [1.82, 2.24) is 14.0 Å². The van der Waals surface area contributed by atoms with Gasteiger partial charge in [-0.1, -0.05) is 0 Å². The number of aliphatic hydroxyl groups is 1. The third kappa shape index (κ3) is 2.47. The zero-order chi connectivity index (χ0) is 15.7. The van der Waals surface area contributed by atoms with E-state index >= 15 is 0 Å². The summed E-state index contributed by atoms with van der Waals surface area (Å²) in [5.41, 5.74) is -0.0499. The van der Waals surface area contributed by atoms with E-state index in [-0.39, 0.29) is 30.9 Å². The first-order valence-electron chi connectivity index (χ1n) is 6.37. The third-order valence-corrected chi connectivity index (χ3v) is 3.40. The van der Waals surface area contributed by atoms with E-state index in [1.54, 1.807) is 6.92 Å². The van der Waals surface area contributed by atoms with Gasteiger partial charge in [-0.05, 0) is 13.3 Å². The Morgan fingerprint density at radius 2 is 2.05 bits per heavy atom. The molecule has 1 aromatic rings. The molecule has 114 valence electrons. The molecule has 2 heterocycles. The Bertz CT molecular complexity index is 658. The maximum Gasteiger partial charge on any atom is 0.421 e. The molecule has 1 atom stereocenters. The fourth-order valence-electron chi connectivity index (χ4n) is 2.49. The van der Waals surface area contributed by atoms with Gasteiger partial charge in [-0.2, -0.15) is 4.90 Å². The minimum absolute atomic E-state index is 0.0747. The number of hydrogen-bond acceptors (Lipinski definition) is 5. The molecule has 1 fully saturated rings. The van der Waals surface area contributed by atoms with Gasteiger partial charge in [-0.15, -0.1) is 0 Å². The van der Waals surface area contributed by atoms with Crippen molar-refractivity contribution in [2.75, 3.05) is 6.61 Å². The van der Waals surface area contributed by atoms with E-state index < -0.39 is 29.6 Å². The molecule has 21 heavy (non-hydrogen) atoms. The van der Waals surface area contributed by atoms with Crippen molar-refractivity contribution in [3.05, 3.63) is 22.4 Å². The maximum atomic E-state index is 12.2. The van der Waals surface area contributed by atoms with Gasteiger partial charge in [-0.3, -0.25) is 18.7 Å². The third-order valence-electron chi connectivity index (χ3n) is 3.40. The lowest BCUT2D eigenvalue weighted by Crippen LogP contribution is -2.50. The number of carbonyl (C=O) groups excluding carboxylic acids is 2. The summed E-state index contributed by atoms with van der Waals surface area (Å²) in [6.45, 7) is 1.45. The largest absolute Gasteiger partial charge is 0.464 e. The summed E-state index contributed by atoms with van der Waals surface area (Å²) in [5.74, 6) is -1.71. The molecule has 1 saturated heterocycles. The van der Waals surface area contributed by atoms with Crippen molar-refractivity contribution in [1.29, 1.82) is 0 Å². The predicted molar refractivity (Wildman–Crippen MR) is 68.7 cm³/mol. The fraction of sp³-hybridized carbons (Fsp3) is 0.500. The van der Waals surface area contributed by atoms with E-state index in [1.165, 1.54) is 15.3 Å². The van der Waals surface area contributed by atoms with Crippen LogP contribution in [0.25, 0.3) is 0 Å². The molecule has 1 aliphatic rings. The number of rotatable bonds is 3. The van der Waals surface area contributed by atoms with Gasteiger partial charge in [-0.25, -0.2) is 9.59 Å². The molecule has 0 aliphatic carbocycles. The predicted octanol–water partition coefficient (Wildman–Crippen LogP) is -0.681. The summed E-state index contributed by atoms with van der Waals surface area (Å²) in [5, 5.41) is 17.8. The Kier molecular flexibility index (Phi) is 3.94. The number of nitrogens with zero attached hydrogens (tertiary/aromatic N) is 3. The Labute approximate surface area is 119 Å². The smallest absolute Gasteiger partial charge is 0.421 e. The van der Waals surface area contributed by atoms with Gasteiger partial charge in [0.05, 0.1) is 13.2 Å². The van der Waals surface area contributed by atoms with Crippen molar-refractivity contribution < 1.29 is 24.6 Å². The van der Waals surface area contributed by atoms with Crippen LogP contribution >= 0.6 is 0 Å². The number of hydrogen-bond donors (Lipinski definition) is 2. The van der Waals surface area contributed by atoms with Crippen LogP contribution in [0.15, 0.2) is 11.0 Å². The molecule has 0 aromatic carbocycles. The molecule has 0 spiro atoms. The number of carboxylic acid groups (broad SMARTS) is 1. The summed E-state index contributed by atoms with van der Waals surface area (Å²) in [6.07, 6.45) is -0.214. The van der Waals surface area contributed by atoms with E-state index in [9.17, 15) is 19.2 Å². The molecule has 3 amide bonds. The van der Waals surface area contributed by atoms with Gasteiger partial charge >= 0.3 is 11.8 Å². The molecule has 9 nitrogen and oxygen atoms in total. The molecule has 1 aromatic heterocycles. The second-order valence-corrected chi connectivity index (χ2v) is 4.74. The molecular weight excluding hydrogens is 282 g/mol. The Morgan fingerprint density at radius 1 is 1.38 bits per heavy atom. The molecule has 9 heteroatoms. The molecule has 0 bridgehead atoms. The average Bonchev–Trinajstić information content (AvgIpc) is 2.66. The summed E-state index contributed by atoms with van der Waals surface area (Å²) >= 11 is 0. The van der Waals surface area contributed by atoms with Crippen molar-refractivity contribution in [3.63, 3.8) is 0 Å².